The number of ether oxygens (including phenoxy) is 1. The largest absolute Gasteiger partial charge is 0.379 e. The Morgan fingerprint density at radius 3 is 2.26 bits per heavy atom. The van der Waals surface area contributed by atoms with Crippen LogP contribution in [-0.2, 0) is 27.3 Å². The van der Waals surface area contributed by atoms with Gasteiger partial charge in [0.15, 0.2) is 0 Å². The van der Waals surface area contributed by atoms with Crippen molar-refractivity contribution in [2.75, 3.05) is 39.4 Å². The van der Waals surface area contributed by atoms with Crippen LogP contribution in [0.15, 0.2) is 60.7 Å². The van der Waals surface area contributed by atoms with E-state index in [-0.39, 0.29) is 17.9 Å². The Labute approximate surface area is 185 Å². The normalized spacial score (nSPS) is 15.3. The number of morpholine rings is 1. The summed E-state index contributed by atoms with van der Waals surface area (Å²) in [5, 5.41) is 2.89. The van der Waals surface area contributed by atoms with Crippen molar-refractivity contribution in [3.05, 3.63) is 71.8 Å². The average Bonchev–Trinajstić information content (AvgIpc) is 2.79. The molecule has 6 nitrogen and oxygen atoms in total. The predicted molar refractivity (Wildman–Crippen MR) is 121 cm³/mol. The zero-order chi connectivity index (χ0) is 21.9. The van der Waals surface area contributed by atoms with Crippen molar-refractivity contribution >= 4 is 11.8 Å². The fourth-order valence-corrected chi connectivity index (χ4v) is 3.82. The number of carbonyl (C=O) groups is 2. The van der Waals surface area contributed by atoms with Crippen molar-refractivity contribution < 1.29 is 14.3 Å². The molecule has 3 rings (SSSR count). The molecule has 1 unspecified atom stereocenters. The maximum atomic E-state index is 13.1. The number of hydrogen-bond acceptors (Lipinski definition) is 4. The average molecular weight is 424 g/mol. The number of carbonyl (C=O) groups excluding carboxylic acids is 2. The number of nitrogens with one attached hydrogen (secondary N) is 1. The first-order valence-corrected chi connectivity index (χ1v) is 11.1. The molecule has 1 saturated heterocycles. The van der Waals surface area contributed by atoms with Crippen LogP contribution in [0.25, 0.3) is 0 Å². The van der Waals surface area contributed by atoms with Gasteiger partial charge in [0, 0.05) is 45.2 Å². The highest BCUT2D eigenvalue weighted by Crippen LogP contribution is 2.12. The van der Waals surface area contributed by atoms with Gasteiger partial charge in [-0.25, -0.2) is 0 Å². The highest BCUT2D eigenvalue weighted by Gasteiger charge is 2.23. The van der Waals surface area contributed by atoms with Crippen LogP contribution in [0.4, 0.5) is 0 Å². The van der Waals surface area contributed by atoms with E-state index in [0.717, 1.165) is 44.0 Å². The Kier molecular flexibility index (Phi) is 9.06. The van der Waals surface area contributed by atoms with E-state index in [1.54, 1.807) is 0 Å². The minimum atomic E-state index is -0.0602. The fraction of sp³-hybridized carbons (Fsp3) is 0.440. The van der Waals surface area contributed by atoms with Gasteiger partial charge in [-0.2, -0.15) is 0 Å². The van der Waals surface area contributed by atoms with E-state index in [9.17, 15) is 9.59 Å². The van der Waals surface area contributed by atoms with Gasteiger partial charge in [0.1, 0.15) is 0 Å². The lowest BCUT2D eigenvalue weighted by molar-refractivity contribution is -0.134. The van der Waals surface area contributed by atoms with Crippen molar-refractivity contribution in [3.63, 3.8) is 0 Å². The summed E-state index contributed by atoms with van der Waals surface area (Å²) in [4.78, 5) is 29.6. The van der Waals surface area contributed by atoms with Gasteiger partial charge < -0.3 is 15.0 Å². The minimum Gasteiger partial charge on any atom is -0.379 e. The van der Waals surface area contributed by atoms with Crippen molar-refractivity contribution in [2.45, 2.75) is 32.4 Å². The number of amides is 2. The molecule has 166 valence electrons. The van der Waals surface area contributed by atoms with Gasteiger partial charge in [0.25, 0.3) is 0 Å². The van der Waals surface area contributed by atoms with Crippen LogP contribution in [0.5, 0.6) is 0 Å². The second-order valence-corrected chi connectivity index (χ2v) is 8.03. The monoisotopic (exact) mass is 423 g/mol. The van der Waals surface area contributed by atoms with Crippen LogP contribution in [0.3, 0.4) is 0 Å². The molecule has 0 saturated carbocycles. The van der Waals surface area contributed by atoms with E-state index in [1.807, 2.05) is 65.6 Å². The van der Waals surface area contributed by atoms with Crippen LogP contribution >= 0.6 is 0 Å². The van der Waals surface area contributed by atoms with E-state index >= 15 is 0 Å². The molecule has 1 atom stereocenters. The number of rotatable bonds is 10. The smallest absolute Gasteiger partial charge is 0.224 e. The van der Waals surface area contributed by atoms with Crippen LogP contribution in [0, 0.1) is 0 Å². The zero-order valence-corrected chi connectivity index (χ0v) is 18.3. The molecular weight excluding hydrogens is 390 g/mol. The van der Waals surface area contributed by atoms with E-state index < -0.39 is 0 Å². The van der Waals surface area contributed by atoms with Gasteiger partial charge in [-0.1, -0.05) is 60.7 Å². The summed E-state index contributed by atoms with van der Waals surface area (Å²) in [6.07, 6.45) is 0.622. The molecule has 1 N–H and O–H groups in total. The number of hydrogen-bond donors (Lipinski definition) is 1. The molecule has 31 heavy (non-hydrogen) atoms. The molecule has 0 spiro atoms. The molecule has 1 aliphatic rings. The van der Waals surface area contributed by atoms with Gasteiger partial charge in [-0.15, -0.1) is 0 Å². The molecule has 0 aromatic heterocycles. The summed E-state index contributed by atoms with van der Waals surface area (Å²) in [6, 6.07) is 19.8. The third-order valence-electron chi connectivity index (χ3n) is 5.54. The predicted octanol–water partition coefficient (Wildman–Crippen LogP) is 2.48. The first-order chi connectivity index (χ1) is 15.1. The Bertz CT molecular complexity index is 807. The molecule has 0 aliphatic carbocycles. The third kappa shape index (κ3) is 7.81. The molecule has 1 aliphatic heterocycles. The SMILES string of the molecule is CC(CN1CCOCC1)N(Cc1ccccc1)C(=O)CCNC(=O)Cc1ccccc1. The molecule has 2 aromatic carbocycles. The van der Waals surface area contributed by atoms with Gasteiger partial charge >= 0.3 is 0 Å². The van der Waals surface area contributed by atoms with Crippen molar-refractivity contribution in [1.82, 2.24) is 15.1 Å². The van der Waals surface area contributed by atoms with Crippen LogP contribution in [0.1, 0.15) is 24.5 Å². The summed E-state index contributed by atoms with van der Waals surface area (Å²) in [6.45, 7) is 7.12. The van der Waals surface area contributed by atoms with Crippen molar-refractivity contribution in [1.29, 1.82) is 0 Å². The second-order valence-electron chi connectivity index (χ2n) is 8.03. The molecule has 1 fully saturated rings. The summed E-state index contributed by atoms with van der Waals surface area (Å²) in [7, 11) is 0. The lowest BCUT2D eigenvalue weighted by Gasteiger charge is -2.35. The molecule has 2 amide bonds. The van der Waals surface area contributed by atoms with Crippen molar-refractivity contribution in [3.8, 4) is 0 Å². The quantitative estimate of drug-likeness (QED) is 0.638. The van der Waals surface area contributed by atoms with E-state index in [2.05, 4.69) is 17.1 Å². The van der Waals surface area contributed by atoms with Gasteiger partial charge in [-0.3, -0.25) is 14.5 Å². The van der Waals surface area contributed by atoms with E-state index in [1.165, 1.54) is 0 Å². The Hall–Kier alpha value is -2.70. The Morgan fingerprint density at radius 1 is 1.00 bits per heavy atom. The summed E-state index contributed by atoms with van der Waals surface area (Å²) in [5.74, 6) is -0.000372. The van der Waals surface area contributed by atoms with Gasteiger partial charge in [0.2, 0.25) is 11.8 Å². The maximum absolute atomic E-state index is 13.1. The maximum Gasteiger partial charge on any atom is 0.224 e. The van der Waals surface area contributed by atoms with Crippen LogP contribution in [0.2, 0.25) is 0 Å². The van der Waals surface area contributed by atoms with Crippen molar-refractivity contribution in [2.24, 2.45) is 0 Å². The van der Waals surface area contributed by atoms with E-state index in [0.29, 0.717) is 25.9 Å². The first-order valence-electron chi connectivity index (χ1n) is 11.1. The molecular formula is C25H33N3O3. The molecule has 1 heterocycles. The highest BCUT2D eigenvalue weighted by atomic mass is 16.5. The first kappa shape index (κ1) is 23.0. The molecule has 2 aromatic rings. The zero-order valence-electron chi connectivity index (χ0n) is 18.3. The lowest BCUT2D eigenvalue weighted by Crippen LogP contribution is -2.48. The van der Waals surface area contributed by atoms with E-state index in [4.69, 9.17) is 4.74 Å². The molecule has 6 heteroatoms. The minimum absolute atomic E-state index is 0.0598. The third-order valence-corrected chi connectivity index (χ3v) is 5.54. The van der Waals surface area contributed by atoms with Gasteiger partial charge in [-0.05, 0) is 18.1 Å². The fourth-order valence-electron chi connectivity index (χ4n) is 3.82. The number of benzene rings is 2. The lowest BCUT2D eigenvalue weighted by atomic mass is 10.1. The summed E-state index contributed by atoms with van der Waals surface area (Å²) < 4.78 is 5.44. The standard InChI is InChI=1S/C25H33N3O3/c1-21(19-27-14-16-31-17-15-27)28(20-23-10-6-3-7-11-23)25(30)12-13-26-24(29)18-22-8-4-2-5-9-22/h2-11,21H,12-20H2,1H3,(H,26,29). The number of nitrogens with zero attached hydrogens (tertiary/aromatic N) is 2. The molecule has 0 radical (unpaired) electrons. The Morgan fingerprint density at radius 2 is 1.61 bits per heavy atom. The van der Waals surface area contributed by atoms with Crippen LogP contribution < -0.4 is 5.32 Å². The highest BCUT2D eigenvalue weighted by molar-refractivity contribution is 5.80. The Balaban J connectivity index is 1.53. The van der Waals surface area contributed by atoms with Gasteiger partial charge in [0.05, 0.1) is 19.6 Å². The topological polar surface area (TPSA) is 61.9 Å². The second kappa shape index (κ2) is 12.2. The summed E-state index contributed by atoms with van der Waals surface area (Å²) >= 11 is 0. The van der Waals surface area contributed by atoms with Crippen LogP contribution in [-0.4, -0.2) is 67.0 Å². The summed E-state index contributed by atoms with van der Waals surface area (Å²) in [5.41, 5.74) is 2.08. The molecule has 0 bridgehead atoms.